The summed E-state index contributed by atoms with van der Waals surface area (Å²) in [6.07, 6.45) is 0.683. The first kappa shape index (κ1) is 18.4. The summed E-state index contributed by atoms with van der Waals surface area (Å²) in [5.74, 6) is 0.893. The van der Waals surface area contributed by atoms with E-state index in [-0.39, 0.29) is 28.8 Å². The van der Waals surface area contributed by atoms with Gasteiger partial charge in [0, 0.05) is 18.2 Å². The molecular formula is C16H21FN4O2S. The fraction of sp³-hybridized carbons (Fsp3) is 0.438. The molecule has 0 spiro atoms. The molecule has 0 saturated heterocycles. The highest BCUT2D eigenvalue weighted by Crippen LogP contribution is 2.27. The molecule has 0 saturated carbocycles. The van der Waals surface area contributed by atoms with Gasteiger partial charge in [-0.05, 0) is 45.2 Å². The predicted octanol–water partition coefficient (Wildman–Crippen LogP) is 2.79. The number of likely N-dealkylation sites (N-methyl/N-ethyl adjacent to an activating group) is 1. The first-order chi connectivity index (χ1) is 11.5. The highest BCUT2D eigenvalue weighted by atomic mass is 32.2. The maximum atomic E-state index is 12.8. The summed E-state index contributed by atoms with van der Waals surface area (Å²) in [6, 6.07) is 5.91. The number of halogens is 1. The lowest BCUT2D eigenvalue weighted by Gasteiger charge is -2.08. The Morgan fingerprint density at radius 1 is 1.33 bits per heavy atom. The smallest absolute Gasteiger partial charge is 0.239 e. The van der Waals surface area contributed by atoms with Gasteiger partial charge in [0.05, 0.1) is 11.0 Å². The summed E-state index contributed by atoms with van der Waals surface area (Å²) in [5.41, 5.74) is 0.566. The van der Waals surface area contributed by atoms with Gasteiger partial charge in [0.2, 0.25) is 11.8 Å². The van der Waals surface area contributed by atoms with Crippen LogP contribution in [0, 0.1) is 5.82 Å². The van der Waals surface area contributed by atoms with E-state index < -0.39 is 0 Å². The Morgan fingerprint density at radius 2 is 2.04 bits per heavy atom. The van der Waals surface area contributed by atoms with E-state index in [1.54, 1.807) is 0 Å². The zero-order chi connectivity index (χ0) is 17.5. The Kier molecular flexibility index (Phi) is 6.74. The molecule has 1 amide bonds. The van der Waals surface area contributed by atoms with Gasteiger partial charge >= 0.3 is 0 Å². The first-order valence-corrected chi connectivity index (χ1v) is 8.69. The molecule has 0 radical (unpaired) electrons. The lowest BCUT2D eigenvalue weighted by atomic mass is 10.2. The van der Waals surface area contributed by atoms with Crippen molar-refractivity contribution in [3.05, 3.63) is 41.8 Å². The minimum Gasteiger partial charge on any atom is -0.338 e. The fourth-order valence-electron chi connectivity index (χ4n) is 1.89. The second-order valence-electron chi connectivity index (χ2n) is 5.45. The molecule has 2 atom stereocenters. The number of rotatable bonds is 8. The lowest BCUT2D eigenvalue weighted by molar-refractivity contribution is -0.113. The summed E-state index contributed by atoms with van der Waals surface area (Å²) >= 11 is 1.40. The van der Waals surface area contributed by atoms with Crippen LogP contribution in [0.2, 0.25) is 0 Å². The Morgan fingerprint density at radius 3 is 2.71 bits per heavy atom. The van der Waals surface area contributed by atoms with Crippen LogP contribution in [0.1, 0.15) is 30.8 Å². The van der Waals surface area contributed by atoms with Gasteiger partial charge in [0.25, 0.3) is 0 Å². The Labute approximate surface area is 144 Å². The molecule has 2 N–H and O–H groups in total. The molecule has 130 valence electrons. The molecule has 24 heavy (non-hydrogen) atoms. The van der Waals surface area contributed by atoms with Crippen LogP contribution in [0.4, 0.5) is 10.1 Å². The van der Waals surface area contributed by atoms with Crippen LogP contribution in [0.25, 0.3) is 0 Å². The Bertz CT molecular complexity index is 662. The van der Waals surface area contributed by atoms with Crippen LogP contribution in [0.15, 0.2) is 28.8 Å². The van der Waals surface area contributed by atoms with Crippen molar-refractivity contribution in [3.8, 4) is 0 Å². The van der Waals surface area contributed by atoms with Gasteiger partial charge in [-0.3, -0.25) is 4.79 Å². The second kappa shape index (κ2) is 8.79. The number of aromatic nitrogens is 2. The Hall–Kier alpha value is -1.93. The van der Waals surface area contributed by atoms with Gasteiger partial charge < -0.3 is 15.2 Å². The molecule has 0 aliphatic rings. The molecule has 0 bridgehead atoms. The summed E-state index contributed by atoms with van der Waals surface area (Å²) in [4.78, 5) is 16.3. The largest absolute Gasteiger partial charge is 0.338 e. The maximum Gasteiger partial charge on any atom is 0.239 e. The van der Waals surface area contributed by atoms with Crippen molar-refractivity contribution in [1.82, 2.24) is 15.5 Å². The van der Waals surface area contributed by atoms with Gasteiger partial charge in [0.1, 0.15) is 5.82 Å². The van der Waals surface area contributed by atoms with Crippen LogP contribution in [0.5, 0.6) is 0 Å². The van der Waals surface area contributed by atoms with Crippen molar-refractivity contribution in [3.63, 3.8) is 0 Å². The summed E-state index contributed by atoms with van der Waals surface area (Å²) < 4.78 is 18.1. The van der Waals surface area contributed by atoms with E-state index in [4.69, 9.17) is 4.52 Å². The number of amides is 1. The third-order valence-corrected chi connectivity index (χ3v) is 4.54. The zero-order valence-corrected chi connectivity index (χ0v) is 14.7. The van der Waals surface area contributed by atoms with Gasteiger partial charge in [-0.2, -0.15) is 4.98 Å². The third-order valence-electron chi connectivity index (χ3n) is 3.41. The van der Waals surface area contributed by atoms with Crippen LogP contribution in [0.3, 0.4) is 0 Å². The van der Waals surface area contributed by atoms with Gasteiger partial charge in [-0.25, -0.2) is 4.39 Å². The number of nitrogens with zero attached hydrogens (tertiary/aromatic N) is 2. The Balaban J connectivity index is 1.80. The van der Waals surface area contributed by atoms with Crippen LogP contribution in [-0.4, -0.2) is 34.9 Å². The van der Waals surface area contributed by atoms with E-state index in [0.29, 0.717) is 23.8 Å². The molecule has 1 heterocycles. The zero-order valence-electron chi connectivity index (χ0n) is 13.9. The molecular weight excluding hydrogens is 331 g/mol. The van der Waals surface area contributed by atoms with E-state index in [1.165, 1.54) is 36.0 Å². The van der Waals surface area contributed by atoms with Crippen LogP contribution < -0.4 is 10.6 Å². The summed E-state index contributed by atoms with van der Waals surface area (Å²) in [5, 5.41) is 9.69. The molecule has 2 aromatic rings. The van der Waals surface area contributed by atoms with Crippen LogP contribution in [-0.2, 0) is 11.2 Å². The average Bonchev–Trinajstić information content (AvgIpc) is 3.03. The number of carbonyl (C=O) groups is 1. The van der Waals surface area contributed by atoms with Crippen molar-refractivity contribution in [2.45, 2.75) is 31.6 Å². The molecule has 0 aliphatic heterocycles. The normalized spacial score (nSPS) is 13.5. The monoisotopic (exact) mass is 352 g/mol. The van der Waals surface area contributed by atoms with E-state index in [9.17, 15) is 9.18 Å². The number of benzene rings is 1. The van der Waals surface area contributed by atoms with Gasteiger partial charge in [0.15, 0.2) is 5.82 Å². The van der Waals surface area contributed by atoms with Gasteiger partial charge in [-0.15, -0.1) is 11.8 Å². The van der Waals surface area contributed by atoms with Crippen molar-refractivity contribution in [1.29, 1.82) is 0 Å². The standard InChI is InChI=1S/C16H21FN4O2S/c1-10(18-3)8-14-20-16(23-21-14)11(2)24-9-15(22)19-13-6-4-12(17)5-7-13/h4-7,10-11,18H,8-9H2,1-3H3,(H,19,22). The minimum atomic E-state index is -0.337. The molecule has 2 rings (SSSR count). The van der Waals surface area contributed by atoms with Crippen LogP contribution >= 0.6 is 11.8 Å². The molecule has 1 aromatic carbocycles. The van der Waals surface area contributed by atoms with E-state index in [0.717, 1.165) is 0 Å². The van der Waals surface area contributed by atoms with Crippen molar-refractivity contribution in [2.75, 3.05) is 18.1 Å². The number of nitrogens with one attached hydrogen (secondary N) is 2. The number of thioether (sulfide) groups is 1. The maximum absolute atomic E-state index is 12.8. The molecule has 6 nitrogen and oxygen atoms in total. The first-order valence-electron chi connectivity index (χ1n) is 7.64. The quantitative estimate of drug-likeness (QED) is 0.760. The molecule has 1 aromatic heterocycles. The third kappa shape index (κ3) is 5.61. The number of hydrogen-bond acceptors (Lipinski definition) is 6. The summed E-state index contributed by atoms with van der Waals surface area (Å²) in [6.45, 7) is 3.95. The van der Waals surface area contributed by atoms with Crippen molar-refractivity contribution < 1.29 is 13.7 Å². The van der Waals surface area contributed by atoms with Gasteiger partial charge in [-0.1, -0.05) is 5.16 Å². The minimum absolute atomic E-state index is 0.0879. The highest BCUT2D eigenvalue weighted by molar-refractivity contribution is 8.00. The molecule has 2 unspecified atom stereocenters. The average molecular weight is 352 g/mol. The van der Waals surface area contributed by atoms with Crippen molar-refractivity contribution in [2.24, 2.45) is 0 Å². The van der Waals surface area contributed by atoms with E-state index in [2.05, 4.69) is 20.8 Å². The molecule has 8 heteroatoms. The number of anilines is 1. The highest BCUT2D eigenvalue weighted by Gasteiger charge is 2.17. The summed E-state index contributed by atoms with van der Waals surface area (Å²) in [7, 11) is 1.88. The SMILES string of the molecule is CNC(C)Cc1noc(C(C)SCC(=O)Nc2ccc(F)cc2)n1. The molecule has 0 fully saturated rings. The van der Waals surface area contributed by atoms with E-state index >= 15 is 0 Å². The number of hydrogen-bond donors (Lipinski definition) is 2. The lowest BCUT2D eigenvalue weighted by Crippen LogP contribution is -2.24. The topological polar surface area (TPSA) is 80.0 Å². The van der Waals surface area contributed by atoms with Crippen molar-refractivity contribution >= 4 is 23.4 Å². The second-order valence-corrected chi connectivity index (χ2v) is 6.78. The fourth-order valence-corrected chi connectivity index (χ4v) is 2.61. The number of carbonyl (C=O) groups excluding carboxylic acids is 1. The predicted molar refractivity (Wildman–Crippen MR) is 92.4 cm³/mol. The van der Waals surface area contributed by atoms with E-state index in [1.807, 2.05) is 20.9 Å². The molecule has 0 aliphatic carbocycles.